The zero-order valence-electron chi connectivity index (χ0n) is 16.5. The summed E-state index contributed by atoms with van der Waals surface area (Å²) in [4.78, 5) is 63.0. The van der Waals surface area contributed by atoms with Crippen molar-refractivity contribution in [3.63, 3.8) is 0 Å². The summed E-state index contributed by atoms with van der Waals surface area (Å²) in [6.07, 6.45) is 0. The molecule has 0 aliphatic carbocycles. The number of esters is 1. The molecule has 0 bridgehead atoms. The van der Waals surface area contributed by atoms with Gasteiger partial charge in [-0.2, -0.15) is 0 Å². The smallest absolute Gasteiger partial charge is 0.341 e. The third kappa shape index (κ3) is 3.45. The fraction of sp³-hybridized carbons (Fsp3) is 0.250. The number of carbonyl (C=O) groups excluding carboxylic acids is 5. The average Bonchev–Trinajstić information content (AvgIpc) is 3.16. The summed E-state index contributed by atoms with van der Waals surface area (Å²) in [7, 11) is 0. The lowest BCUT2D eigenvalue weighted by molar-refractivity contribution is -0.119. The van der Waals surface area contributed by atoms with E-state index in [4.69, 9.17) is 10.5 Å². The molecule has 0 fully saturated rings. The van der Waals surface area contributed by atoms with Crippen molar-refractivity contribution in [2.24, 2.45) is 5.73 Å². The molecule has 3 rings (SSSR count). The molecule has 1 atom stereocenters. The molecule has 1 aliphatic heterocycles. The molecule has 30 heavy (non-hydrogen) atoms. The van der Waals surface area contributed by atoms with Crippen LogP contribution in [0.4, 0.5) is 5.00 Å². The van der Waals surface area contributed by atoms with Gasteiger partial charge < -0.3 is 15.8 Å². The van der Waals surface area contributed by atoms with Gasteiger partial charge in [-0.25, -0.2) is 4.79 Å². The molecular weight excluding hydrogens is 410 g/mol. The first-order valence-electron chi connectivity index (χ1n) is 9.07. The van der Waals surface area contributed by atoms with Gasteiger partial charge >= 0.3 is 5.97 Å². The van der Waals surface area contributed by atoms with Crippen LogP contribution in [0.25, 0.3) is 0 Å². The Hall–Kier alpha value is -3.53. The van der Waals surface area contributed by atoms with Gasteiger partial charge in [-0.15, -0.1) is 11.3 Å². The van der Waals surface area contributed by atoms with Gasteiger partial charge in [0.25, 0.3) is 17.7 Å². The Labute approximate surface area is 175 Å². The minimum Gasteiger partial charge on any atom is -0.462 e. The normalized spacial score (nSPS) is 13.8. The minimum atomic E-state index is -1.16. The summed E-state index contributed by atoms with van der Waals surface area (Å²) < 4.78 is 5.01. The summed E-state index contributed by atoms with van der Waals surface area (Å²) in [5.41, 5.74) is 6.09. The van der Waals surface area contributed by atoms with Crippen LogP contribution in [-0.2, 0) is 9.53 Å². The Morgan fingerprint density at radius 1 is 1.17 bits per heavy atom. The number of hydrogen-bond acceptors (Lipinski definition) is 7. The highest BCUT2D eigenvalue weighted by Crippen LogP contribution is 2.34. The highest BCUT2D eigenvalue weighted by atomic mass is 32.1. The number of rotatable bonds is 6. The number of hydrogen-bond donors (Lipinski definition) is 2. The minimum absolute atomic E-state index is 0.0126. The molecule has 4 amide bonds. The molecule has 10 heteroatoms. The van der Waals surface area contributed by atoms with Crippen LogP contribution in [0, 0.1) is 6.92 Å². The highest BCUT2D eigenvalue weighted by molar-refractivity contribution is 7.18. The number of imide groups is 1. The van der Waals surface area contributed by atoms with Crippen molar-refractivity contribution in [3.8, 4) is 0 Å². The molecule has 156 valence electrons. The van der Waals surface area contributed by atoms with Crippen LogP contribution in [-0.4, -0.2) is 47.1 Å². The summed E-state index contributed by atoms with van der Waals surface area (Å²) in [5, 5.41) is 2.60. The second kappa shape index (κ2) is 8.07. The van der Waals surface area contributed by atoms with E-state index in [-0.39, 0.29) is 38.7 Å². The molecule has 2 aromatic rings. The second-order valence-corrected chi connectivity index (χ2v) is 7.56. The van der Waals surface area contributed by atoms with Gasteiger partial charge in [0, 0.05) is 0 Å². The van der Waals surface area contributed by atoms with E-state index in [9.17, 15) is 24.0 Å². The van der Waals surface area contributed by atoms with E-state index in [1.165, 1.54) is 26.0 Å². The molecule has 1 aromatic carbocycles. The number of benzene rings is 1. The van der Waals surface area contributed by atoms with Crippen LogP contribution in [0.5, 0.6) is 0 Å². The Bertz CT molecular complexity index is 1060. The molecule has 2 heterocycles. The van der Waals surface area contributed by atoms with Gasteiger partial charge in [0.2, 0.25) is 5.91 Å². The Morgan fingerprint density at radius 2 is 1.73 bits per heavy atom. The van der Waals surface area contributed by atoms with Crippen LogP contribution in [0.2, 0.25) is 0 Å². The number of primary amides is 1. The first kappa shape index (κ1) is 21.2. The van der Waals surface area contributed by atoms with E-state index < -0.39 is 35.6 Å². The third-order valence-corrected chi connectivity index (χ3v) is 5.90. The lowest BCUT2D eigenvalue weighted by Gasteiger charge is -2.21. The summed E-state index contributed by atoms with van der Waals surface area (Å²) in [6.45, 7) is 4.64. The molecule has 9 nitrogen and oxygen atoms in total. The Morgan fingerprint density at radius 3 is 2.23 bits per heavy atom. The van der Waals surface area contributed by atoms with Gasteiger partial charge in [0.05, 0.1) is 28.2 Å². The van der Waals surface area contributed by atoms with E-state index in [1.807, 2.05) is 0 Å². The quantitative estimate of drug-likeness (QED) is 0.532. The number of carbonyl (C=O) groups is 5. The van der Waals surface area contributed by atoms with Gasteiger partial charge in [0.1, 0.15) is 11.0 Å². The van der Waals surface area contributed by atoms with Crippen LogP contribution in [0.15, 0.2) is 24.3 Å². The number of nitrogens with zero attached hydrogens (tertiary/aromatic N) is 1. The first-order valence-corrected chi connectivity index (χ1v) is 9.88. The zero-order valence-corrected chi connectivity index (χ0v) is 17.3. The Kier molecular flexibility index (Phi) is 5.70. The maximum absolute atomic E-state index is 12.8. The summed E-state index contributed by atoms with van der Waals surface area (Å²) >= 11 is 0.830. The molecule has 0 saturated heterocycles. The summed E-state index contributed by atoms with van der Waals surface area (Å²) in [5.74, 6) is -3.33. The monoisotopic (exact) mass is 429 g/mol. The maximum Gasteiger partial charge on any atom is 0.341 e. The van der Waals surface area contributed by atoms with Gasteiger partial charge in [-0.3, -0.25) is 24.1 Å². The van der Waals surface area contributed by atoms with Gasteiger partial charge in [-0.05, 0) is 38.5 Å². The number of ether oxygens (including phenoxy) is 1. The number of amides is 4. The van der Waals surface area contributed by atoms with Crippen LogP contribution >= 0.6 is 11.3 Å². The molecule has 1 aromatic heterocycles. The lowest BCUT2D eigenvalue weighted by Crippen LogP contribution is -2.45. The third-order valence-electron chi connectivity index (χ3n) is 4.68. The SMILES string of the molecule is CCOC(=O)c1c(NC(=O)C(C)N2C(=O)c3ccccc3C2=O)sc(C(N)=O)c1C. The van der Waals surface area contributed by atoms with Crippen LogP contribution in [0.3, 0.4) is 0 Å². The molecule has 1 aliphatic rings. The fourth-order valence-corrected chi connectivity index (χ4v) is 4.23. The number of thiophene rings is 1. The first-order chi connectivity index (χ1) is 14.2. The molecule has 3 N–H and O–H groups in total. The highest BCUT2D eigenvalue weighted by Gasteiger charge is 2.41. The van der Waals surface area contributed by atoms with Crippen molar-refractivity contribution in [2.45, 2.75) is 26.8 Å². The van der Waals surface area contributed by atoms with Crippen molar-refractivity contribution in [2.75, 3.05) is 11.9 Å². The standard InChI is InChI=1S/C20H19N3O6S/c1-4-29-20(28)13-9(2)14(15(21)24)30-17(13)22-16(25)10(3)23-18(26)11-7-5-6-8-12(11)19(23)27/h5-8,10H,4H2,1-3H3,(H2,21,24)(H,22,25). The van der Waals surface area contributed by atoms with Crippen molar-refractivity contribution < 1.29 is 28.7 Å². The van der Waals surface area contributed by atoms with E-state index >= 15 is 0 Å². The van der Waals surface area contributed by atoms with Gasteiger partial charge in [0.15, 0.2) is 0 Å². The van der Waals surface area contributed by atoms with Crippen molar-refractivity contribution >= 4 is 45.9 Å². The van der Waals surface area contributed by atoms with Crippen molar-refractivity contribution in [1.82, 2.24) is 4.90 Å². The molecular formula is C20H19N3O6S. The zero-order chi connectivity index (χ0) is 22.2. The number of nitrogens with two attached hydrogens (primary N) is 1. The van der Waals surface area contributed by atoms with Crippen molar-refractivity contribution in [1.29, 1.82) is 0 Å². The van der Waals surface area contributed by atoms with E-state index in [0.29, 0.717) is 0 Å². The number of fused-ring (bicyclic) bond motifs is 1. The van der Waals surface area contributed by atoms with E-state index in [1.54, 1.807) is 19.1 Å². The van der Waals surface area contributed by atoms with E-state index in [0.717, 1.165) is 16.2 Å². The molecule has 0 radical (unpaired) electrons. The largest absolute Gasteiger partial charge is 0.462 e. The predicted octanol–water partition coefficient (Wildman–Crippen LogP) is 1.96. The van der Waals surface area contributed by atoms with Crippen LogP contribution in [0.1, 0.15) is 60.2 Å². The fourth-order valence-electron chi connectivity index (χ4n) is 3.18. The van der Waals surface area contributed by atoms with Crippen LogP contribution < -0.4 is 11.1 Å². The van der Waals surface area contributed by atoms with Gasteiger partial charge in [-0.1, -0.05) is 12.1 Å². The number of nitrogens with one attached hydrogen (secondary N) is 1. The topological polar surface area (TPSA) is 136 Å². The van der Waals surface area contributed by atoms with E-state index in [2.05, 4.69) is 5.32 Å². The molecule has 0 spiro atoms. The Balaban J connectivity index is 1.90. The number of anilines is 1. The maximum atomic E-state index is 12.8. The summed E-state index contributed by atoms with van der Waals surface area (Å²) in [6, 6.07) is 5.13. The van der Waals surface area contributed by atoms with Crippen molar-refractivity contribution in [3.05, 3.63) is 51.4 Å². The predicted molar refractivity (Wildman–Crippen MR) is 109 cm³/mol. The lowest BCUT2D eigenvalue weighted by atomic mass is 10.1. The molecule has 1 unspecified atom stereocenters. The average molecular weight is 429 g/mol. The second-order valence-electron chi connectivity index (χ2n) is 6.54. The molecule has 0 saturated carbocycles.